The summed E-state index contributed by atoms with van der Waals surface area (Å²) >= 11 is 9.39. The highest BCUT2D eigenvalue weighted by atomic mass is 32.2. The zero-order valence-electron chi connectivity index (χ0n) is 11.9. The van der Waals surface area contributed by atoms with Crippen molar-refractivity contribution in [2.45, 2.75) is 95.0 Å². The summed E-state index contributed by atoms with van der Waals surface area (Å²) in [7, 11) is 0. The summed E-state index contributed by atoms with van der Waals surface area (Å²) in [6, 6.07) is 0. The van der Waals surface area contributed by atoms with E-state index in [0.717, 1.165) is 12.8 Å². The highest BCUT2D eigenvalue weighted by Gasteiger charge is 2.18. The number of hydrogen-bond donors (Lipinski definition) is 2. The van der Waals surface area contributed by atoms with E-state index >= 15 is 0 Å². The molecule has 0 aliphatic carbocycles. The predicted molar refractivity (Wildman–Crippen MR) is 87.5 cm³/mol. The van der Waals surface area contributed by atoms with Gasteiger partial charge in [0, 0.05) is 0 Å². The van der Waals surface area contributed by atoms with Crippen LogP contribution < -0.4 is 0 Å². The third kappa shape index (κ3) is 12.9. The molecule has 0 atom stereocenters. The van der Waals surface area contributed by atoms with Crippen molar-refractivity contribution < 1.29 is 0 Å². The molecule has 0 bridgehead atoms. The van der Waals surface area contributed by atoms with Crippen LogP contribution in [0.3, 0.4) is 0 Å². The van der Waals surface area contributed by atoms with Crippen LogP contribution in [0, 0.1) is 0 Å². The molecule has 0 radical (unpaired) electrons. The molecule has 0 nitrogen and oxygen atoms in total. The smallest absolute Gasteiger partial charge is 0.0552 e. The predicted octanol–water partition coefficient (Wildman–Crippen LogP) is 6.26. The normalized spacial score (nSPS) is 12.0. The summed E-state index contributed by atoms with van der Waals surface area (Å²) in [6.07, 6.45) is 15.8. The lowest BCUT2D eigenvalue weighted by Gasteiger charge is -2.22. The van der Waals surface area contributed by atoms with Crippen molar-refractivity contribution in [2.75, 3.05) is 0 Å². The summed E-state index contributed by atoms with van der Waals surface area (Å²) in [6.45, 7) is 4.52. The van der Waals surface area contributed by atoms with Crippen LogP contribution in [0.5, 0.6) is 0 Å². The molecule has 0 aromatic rings. The second-order valence-electron chi connectivity index (χ2n) is 5.31. The Morgan fingerprint density at radius 2 is 0.941 bits per heavy atom. The fourth-order valence-corrected chi connectivity index (χ4v) is 2.78. The summed E-state index contributed by atoms with van der Waals surface area (Å²) in [5.41, 5.74) is 0. The van der Waals surface area contributed by atoms with Gasteiger partial charge >= 0.3 is 0 Å². The molecular weight excluding hydrogens is 244 g/mol. The Balaban J connectivity index is 3.37. The monoisotopic (exact) mass is 276 g/mol. The van der Waals surface area contributed by atoms with E-state index in [9.17, 15) is 0 Å². The standard InChI is InChI=1S/C15H32S2/c1-3-5-7-9-10-12-14-15(16,17)13-11-8-6-4-2/h16-17H,3-14H2,1-2H3. The van der Waals surface area contributed by atoms with Gasteiger partial charge in [0.25, 0.3) is 0 Å². The first-order valence-corrected chi connectivity index (χ1v) is 8.46. The van der Waals surface area contributed by atoms with E-state index in [1.165, 1.54) is 64.2 Å². The van der Waals surface area contributed by atoms with E-state index in [2.05, 4.69) is 13.8 Å². The van der Waals surface area contributed by atoms with Crippen LogP contribution in [0.4, 0.5) is 0 Å². The van der Waals surface area contributed by atoms with E-state index in [1.54, 1.807) is 0 Å². The summed E-state index contributed by atoms with van der Waals surface area (Å²) in [5.74, 6) is 0. The SMILES string of the molecule is CCCCCCCCC(S)(S)CCCCCC. The van der Waals surface area contributed by atoms with Crippen LogP contribution in [0.1, 0.15) is 90.9 Å². The third-order valence-corrected chi connectivity index (χ3v) is 4.26. The Hall–Kier alpha value is 0.700. The zero-order valence-corrected chi connectivity index (χ0v) is 13.7. The van der Waals surface area contributed by atoms with Gasteiger partial charge in [-0.15, -0.1) is 0 Å². The molecule has 0 saturated heterocycles. The number of hydrogen-bond acceptors (Lipinski definition) is 2. The van der Waals surface area contributed by atoms with Gasteiger partial charge in [0.1, 0.15) is 0 Å². The first-order chi connectivity index (χ1) is 8.12. The lowest BCUT2D eigenvalue weighted by molar-refractivity contribution is 0.535. The molecule has 0 N–H and O–H groups in total. The molecule has 0 aliphatic heterocycles. The summed E-state index contributed by atoms with van der Waals surface area (Å²) in [4.78, 5) is 0. The second-order valence-corrected chi connectivity index (χ2v) is 7.38. The fourth-order valence-electron chi connectivity index (χ4n) is 2.15. The molecule has 0 heterocycles. The molecule has 0 spiro atoms. The van der Waals surface area contributed by atoms with Crippen LogP contribution in [0.15, 0.2) is 0 Å². The Kier molecular flexibility index (Phi) is 12.3. The zero-order chi connectivity index (χ0) is 13.0. The molecule has 0 aromatic carbocycles. The lowest BCUT2D eigenvalue weighted by Crippen LogP contribution is -2.12. The van der Waals surface area contributed by atoms with E-state index in [0.29, 0.717) is 0 Å². The summed E-state index contributed by atoms with van der Waals surface area (Å²) in [5, 5.41) is 0. The topological polar surface area (TPSA) is 0 Å². The molecular formula is C15H32S2. The maximum Gasteiger partial charge on any atom is 0.0552 e. The van der Waals surface area contributed by atoms with Gasteiger partial charge in [-0.2, -0.15) is 25.3 Å². The van der Waals surface area contributed by atoms with Crippen LogP contribution in [-0.4, -0.2) is 4.08 Å². The van der Waals surface area contributed by atoms with Gasteiger partial charge in [0.05, 0.1) is 4.08 Å². The molecule has 104 valence electrons. The largest absolute Gasteiger partial charge is 0.162 e. The van der Waals surface area contributed by atoms with Crippen molar-refractivity contribution in [2.24, 2.45) is 0 Å². The first kappa shape index (κ1) is 17.7. The Morgan fingerprint density at radius 3 is 1.41 bits per heavy atom. The van der Waals surface area contributed by atoms with Gasteiger partial charge in [0.2, 0.25) is 0 Å². The number of unbranched alkanes of at least 4 members (excludes halogenated alkanes) is 8. The van der Waals surface area contributed by atoms with E-state index in [1.807, 2.05) is 0 Å². The van der Waals surface area contributed by atoms with Crippen LogP contribution in [-0.2, 0) is 0 Å². The minimum absolute atomic E-state index is 0.0154. The van der Waals surface area contributed by atoms with Crippen molar-refractivity contribution in [3.63, 3.8) is 0 Å². The minimum Gasteiger partial charge on any atom is -0.162 e. The van der Waals surface area contributed by atoms with Crippen LogP contribution >= 0.6 is 25.3 Å². The number of thiol groups is 2. The Bertz CT molecular complexity index is 155. The highest BCUT2D eigenvalue weighted by Crippen LogP contribution is 2.32. The molecule has 0 saturated carbocycles. The maximum atomic E-state index is 4.70. The molecule has 2 heteroatoms. The maximum absolute atomic E-state index is 4.70. The van der Waals surface area contributed by atoms with Crippen molar-refractivity contribution in [3.05, 3.63) is 0 Å². The van der Waals surface area contributed by atoms with E-state index in [4.69, 9.17) is 25.3 Å². The molecule has 0 fully saturated rings. The Morgan fingerprint density at radius 1 is 0.588 bits per heavy atom. The van der Waals surface area contributed by atoms with E-state index < -0.39 is 0 Å². The van der Waals surface area contributed by atoms with Gasteiger partial charge in [-0.3, -0.25) is 0 Å². The molecule has 0 aromatic heterocycles. The number of rotatable bonds is 12. The van der Waals surface area contributed by atoms with Crippen LogP contribution in [0.25, 0.3) is 0 Å². The summed E-state index contributed by atoms with van der Waals surface area (Å²) < 4.78 is -0.0154. The van der Waals surface area contributed by atoms with Crippen molar-refractivity contribution in [1.29, 1.82) is 0 Å². The van der Waals surface area contributed by atoms with E-state index in [-0.39, 0.29) is 4.08 Å². The van der Waals surface area contributed by atoms with Gasteiger partial charge in [-0.05, 0) is 12.8 Å². The average molecular weight is 277 g/mol. The lowest BCUT2D eigenvalue weighted by atomic mass is 10.0. The van der Waals surface area contributed by atoms with Crippen LogP contribution in [0.2, 0.25) is 0 Å². The van der Waals surface area contributed by atoms with Gasteiger partial charge in [0.15, 0.2) is 0 Å². The minimum atomic E-state index is -0.0154. The average Bonchev–Trinajstić information content (AvgIpc) is 2.29. The second kappa shape index (κ2) is 11.8. The fraction of sp³-hybridized carbons (Fsp3) is 1.00. The molecule has 0 unspecified atom stereocenters. The highest BCUT2D eigenvalue weighted by molar-refractivity contribution is 8.00. The Labute approximate surface area is 120 Å². The third-order valence-electron chi connectivity index (χ3n) is 3.36. The molecule has 0 aliphatic rings. The molecule has 17 heavy (non-hydrogen) atoms. The van der Waals surface area contributed by atoms with Crippen molar-refractivity contribution in [1.82, 2.24) is 0 Å². The van der Waals surface area contributed by atoms with Gasteiger partial charge in [-0.25, -0.2) is 0 Å². The quantitative estimate of drug-likeness (QED) is 0.234. The molecule has 0 rings (SSSR count). The van der Waals surface area contributed by atoms with Crippen molar-refractivity contribution >= 4 is 25.3 Å². The van der Waals surface area contributed by atoms with Crippen molar-refractivity contribution in [3.8, 4) is 0 Å². The first-order valence-electron chi connectivity index (χ1n) is 7.57. The molecule has 0 amide bonds. The van der Waals surface area contributed by atoms with Gasteiger partial charge in [-0.1, -0.05) is 78.1 Å². The van der Waals surface area contributed by atoms with Gasteiger partial charge < -0.3 is 0 Å².